The monoisotopic (exact) mass is 494 g/mol. The van der Waals surface area contributed by atoms with Crippen LogP contribution in [0, 0.1) is 0 Å². The minimum absolute atomic E-state index is 0.129. The van der Waals surface area contributed by atoms with E-state index in [0.717, 1.165) is 17.8 Å². The molecule has 2 N–H and O–H groups in total. The molecule has 36 heavy (non-hydrogen) atoms. The second-order valence-corrected chi connectivity index (χ2v) is 8.57. The molecular weight excluding hydrogens is 477 g/mol. The predicted octanol–water partition coefficient (Wildman–Crippen LogP) is 4.48. The molecule has 2 unspecified atom stereocenters. The highest BCUT2D eigenvalue weighted by Crippen LogP contribution is 2.51. The van der Waals surface area contributed by atoms with Gasteiger partial charge in [-0.15, -0.1) is 0 Å². The highest BCUT2D eigenvalue weighted by atomic mass is 19.4. The number of anilines is 2. The largest absolute Gasteiger partial charge is 0.444 e. The summed E-state index contributed by atoms with van der Waals surface area (Å²) in [5.74, 6) is 0.886. The molecule has 1 saturated carbocycles. The van der Waals surface area contributed by atoms with E-state index in [4.69, 9.17) is 4.42 Å². The molecule has 1 fully saturated rings. The lowest BCUT2D eigenvalue weighted by molar-refractivity contribution is -0.137. The number of carbonyl (C=O) groups is 1. The first-order chi connectivity index (χ1) is 17.3. The number of aliphatic hydroxyl groups excluding tert-OH is 1. The number of alkyl halides is 3. The van der Waals surface area contributed by atoms with E-state index in [0.29, 0.717) is 17.7 Å². The standard InChI is InChI=1S/C24H17F3N6O3/c25-24(26,27)14-5-13(8-28-9-14)17-2-1-15-16-7-18(34)21(16)33(22(15)31-17)23(35)32-20-6-12(3-4-30-20)19-10-29-11-36-19/h1-6,8-11,16,18,21,34H,7H2,(H,30,32,35)/t16?,18-,21?/m1/s1. The summed E-state index contributed by atoms with van der Waals surface area (Å²) in [6.45, 7) is 0. The van der Waals surface area contributed by atoms with Gasteiger partial charge in [-0.05, 0) is 30.7 Å². The summed E-state index contributed by atoms with van der Waals surface area (Å²) in [7, 11) is 0. The molecule has 4 aromatic rings. The lowest BCUT2D eigenvalue weighted by Crippen LogP contribution is -2.55. The van der Waals surface area contributed by atoms with Crippen molar-refractivity contribution in [3.8, 4) is 22.6 Å². The molecule has 1 aliphatic carbocycles. The van der Waals surface area contributed by atoms with E-state index in [2.05, 4.69) is 25.3 Å². The van der Waals surface area contributed by atoms with E-state index in [9.17, 15) is 23.1 Å². The van der Waals surface area contributed by atoms with Gasteiger partial charge in [-0.3, -0.25) is 15.2 Å². The van der Waals surface area contributed by atoms with Gasteiger partial charge >= 0.3 is 12.2 Å². The molecule has 9 nitrogen and oxygen atoms in total. The molecule has 5 heterocycles. The second kappa shape index (κ2) is 8.12. The van der Waals surface area contributed by atoms with E-state index in [1.54, 1.807) is 24.3 Å². The number of oxazole rings is 1. The van der Waals surface area contributed by atoms with Crippen LogP contribution in [0.1, 0.15) is 23.5 Å². The third kappa shape index (κ3) is 3.66. The summed E-state index contributed by atoms with van der Waals surface area (Å²) in [4.78, 5) is 31.0. The Hall–Kier alpha value is -4.32. The van der Waals surface area contributed by atoms with Crippen molar-refractivity contribution in [3.63, 3.8) is 0 Å². The molecule has 12 heteroatoms. The lowest BCUT2D eigenvalue weighted by atomic mass is 9.75. The van der Waals surface area contributed by atoms with E-state index in [1.165, 1.54) is 29.9 Å². The molecule has 3 atom stereocenters. The lowest BCUT2D eigenvalue weighted by Gasteiger charge is -2.40. The molecule has 0 spiro atoms. The van der Waals surface area contributed by atoms with E-state index >= 15 is 0 Å². The average Bonchev–Trinajstić information content (AvgIpc) is 3.48. The van der Waals surface area contributed by atoms with Crippen molar-refractivity contribution in [3.05, 3.63) is 72.6 Å². The quantitative estimate of drug-likeness (QED) is 0.431. The molecule has 2 aliphatic rings. The number of urea groups is 1. The Morgan fingerprint density at radius 1 is 1.11 bits per heavy atom. The molecule has 0 saturated heterocycles. The van der Waals surface area contributed by atoms with Crippen LogP contribution in [-0.2, 0) is 6.18 Å². The van der Waals surface area contributed by atoms with Crippen molar-refractivity contribution in [2.75, 3.05) is 10.2 Å². The van der Waals surface area contributed by atoms with Gasteiger partial charge in [0, 0.05) is 41.2 Å². The molecule has 0 bridgehead atoms. The van der Waals surface area contributed by atoms with Crippen LogP contribution in [0.3, 0.4) is 0 Å². The van der Waals surface area contributed by atoms with Gasteiger partial charge in [-0.25, -0.2) is 19.7 Å². The zero-order valence-electron chi connectivity index (χ0n) is 18.3. The maximum atomic E-state index is 13.4. The average molecular weight is 494 g/mol. The minimum Gasteiger partial charge on any atom is -0.444 e. The molecule has 6 rings (SSSR count). The normalized spacial score (nSPS) is 20.4. The summed E-state index contributed by atoms with van der Waals surface area (Å²) in [5, 5.41) is 13.2. The Labute approximate surface area is 201 Å². The van der Waals surface area contributed by atoms with Crippen LogP contribution in [0.4, 0.5) is 29.6 Å². The number of hydrogen-bond donors (Lipinski definition) is 2. The van der Waals surface area contributed by atoms with Gasteiger partial charge in [0.05, 0.1) is 29.6 Å². The van der Waals surface area contributed by atoms with Crippen molar-refractivity contribution in [1.82, 2.24) is 19.9 Å². The Balaban J connectivity index is 1.34. The molecular formula is C24H17F3N6O3. The number of fused-ring (bicyclic) bond motifs is 3. The Morgan fingerprint density at radius 3 is 2.72 bits per heavy atom. The van der Waals surface area contributed by atoms with E-state index in [1.807, 2.05) is 0 Å². The van der Waals surface area contributed by atoms with Gasteiger partial charge in [0.2, 0.25) is 0 Å². The first kappa shape index (κ1) is 22.2. The number of nitrogens with one attached hydrogen (secondary N) is 1. The maximum Gasteiger partial charge on any atom is 0.417 e. The first-order valence-corrected chi connectivity index (χ1v) is 11.0. The summed E-state index contributed by atoms with van der Waals surface area (Å²) in [6.07, 6.45) is 1.48. The predicted molar refractivity (Wildman–Crippen MR) is 121 cm³/mol. The molecule has 4 aromatic heterocycles. The van der Waals surface area contributed by atoms with Crippen LogP contribution in [0.15, 0.2) is 65.9 Å². The molecule has 0 aromatic carbocycles. The maximum absolute atomic E-state index is 13.4. The van der Waals surface area contributed by atoms with Gasteiger partial charge in [-0.1, -0.05) is 6.07 Å². The number of aromatic nitrogens is 4. The van der Waals surface area contributed by atoms with Crippen LogP contribution < -0.4 is 10.2 Å². The third-order valence-electron chi connectivity index (χ3n) is 6.42. The summed E-state index contributed by atoms with van der Waals surface area (Å²) in [5.41, 5.74) is 0.886. The van der Waals surface area contributed by atoms with Crippen molar-refractivity contribution in [2.45, 2.75) is 30.7 Å². The highest BCUT2D eigenvalue weighted by Gasteiger charge is 2.54. The molecule has 0 radical (unpaired) electrons. The minimum atomic E-state index is -4.55. The third-order valence-corrected chi connectivity index (χ3v) is 6.42. The Morgan fingerprint density at radius 2 is 1.97 bits per heavy atom. The van der Waals surface area contributed by atoms with Gasteiger partial charge in [0.1, 0.15) is 11.6 Å². The zero-order chi connectivity index (χ0) is 25.0. The Kier molecular flexibility index (Phi) is 5.00. The summed E-state index contributed by atoms with van der Waals surface area (Å²) in [6, 6.07) is 6.49. The van der Waals surface area contributed by atoms with Gasteiger partial charge in [-0.2, -0.15) is 13.2 Å². The van der Waals surface area contributed by atoms with Crippen LogP contribution >= 0.6 is 0 Å². The number of rotatable bonds is 3. The van der Waals surface area contributed by atoms with Crippen molar-refractivity contribution in [1.29, 1.82) is 0 Å². The fourth-order valence-electron chi connectivity index (χ4n) is 4.66. The SMILES string of the molecule is O=C(Nc1cc(-c2cnco2)ccn1)N1c2nc(-c3cncc(C(F)(F)F)c3)ccc2C2C[C@@H](O)C21. The van der Waals surface area contributed by atoms with Crippen molar-refractivity contribution < 1.29 is 27.5 Å². The number of aliphatic hydroxyl groups is 1. The highest BCUT2D eigenvalue weighted by molar-refractivity contribution is 6.03. The number of carbonyl (C=O) groups excluding carboxylic acids is 1. The summed E-state index contributed by atoms with van der Waals surface area (Å²) < 4.78 is 44.8. The Bertz CT molecular complexity index is 1460. The van der Waals surface area contributed by atoms with Crippen LogP contribution in [0.2, 0.25) is 0 Å². The second-order valence-electron chi connectivity index (χ2n) is 8.57. The van der Waals surface area contributed by atoms with E-state index in [-0.39, 0.29) is 28.8 Å². The van der Waals surface area contributed by atoms with Crippen LogP contribution in [-0.4, -0.2) is 43.2 Å². The van der Waals surface area contributed by atoms with Crippen LogP contribution in [0.5, 0.6) is 0 Å². The smallest absolute Gasteiger partial charge is 0.417 e. The molecule has 2 amide bonds. The van der Waals surface area contributed by atoms with Crippen molar-refractivity contribution >= 4 is 17.7 Å². The summed E-state index contributed by atoms with van der Waals surface area (Å²) >= 11 is 0. The van der Waals surface area contributed by atoms with Gasteiger partial charge < -0.3 is 9.52 Å². The number of nitrogens with zero attached hydrogens (tertiary/aromatic N) is 5. The first-order valence-electron chi connectivity index (χ1n) is 11.0. The number of halogens is 3. The van der Waals surface area contributed by atoms with Crippen LogP contribution in [0.25, 0.3) is 22.6 Å². The number of hydrogen-bond acceptors (Lipinski definition) is 7. The number of amides is 2. The van der Waals surface area contributed by atoms with Crippen molar-refractivity contribution in [2.24, 2.45) is 0 Å². The fraction of sp³-hybridized carbons (Fsp3) is 0.208. The molecule has 1 aliphatic heterocycles. The van der Waals surface area contributed by atoms with E-state index < -0.39 is 29.9 Å². The zero-order valence-corrected chi connectivity index (χ0v) is 18.3. The topological polar surface area (TPSA) is 117 Å². The molecule has 182 valence electrons. The van der Waals surface area contributed by atoms with Gasteiger partial charge in [0.15, 0.2) is 12.2 Å². The van der Waals surface area contributed by atoms with Gasteiger partial charge in [0.25, 0.3) is 0 Å². The number of pyridine rings is 3. The fourth-order valence-corrected chi connectivity index (χ4v) is 4.66.